The molecule has 0 saturated carbocycles. The first-order chi connectivity index (χ1) is 18.2. The lowest BCUT2D eigenvalue weighted by Crippen LogP contribution is -2.09. The molecule has 37 heavy (non-hydrogen) atoms. The van der Waals surface area contributed by atoms with Crippen LogP contribution in [0, 0.1) is 0 Å². The van der Waals surface area contributed by atoms with E-state index in [2.05, 4.69) is 65.7 Å². The van der Waals surface area contributed by atoms with Crippen molar-refractivity contribution in [3.63, 3.8) is 0 Å². The second-order valence-corrected chi connectivity index (χ2v) is 9.26. The van der Waals surface area contributed by atoms with Gasteiger partial charge in [0, 0.05) is 28.6 Å². The molecule has 0 saturated heterocycles. The number of benzene rings is 2. The number of hydrogen-bond donors (Lipinski definition) is 1. The maximum atomic E-state index is 6.39. The van der Waals surface area contributed by atoms with Gasteiger partial charge in [-0.15, -0.1) is 6.58 Å². The monoisotopic (exact) mass is 484 g/mol. The van der Waals surface area contributed by atoms with Gasteiger partial charge in [0.2, 0.25) is 0 Å². The van der Waals surface area contributed by atoms with Gasteiger partial charge in [0.05, 0.1) is 11.4 Å². The van der Waals surface area contributed by atoms with Gasteiger partial charge in [-0.2, -0.15) is 0 Å². The number of nitrogen functional groups attached to an aromatic ring is 1. The molecule has 0 amide bonds. The summed E-state index contributed by atoms with van der Waals surface area (Å²) in [5, 5.41) is 0. The molecule has 5 aromatic rings. The summed E-state index contributed by atoms with van der Waals surface area (Å²) >= 11 is 0. The Morgan fingerprint density at radius 2 is 1.35 bits per heavy atom. The Morgan fingerprint density at radius 3 is 1.92 bits per heavy atom. The summed E-state index contributed by atoms with van der Waals surface area (Å²) in [4.78, 5) is 9.81. The van der Waals surface area contributed by atoms with Gasteiger partial charge in [0.1, 0.15) is 11.6 Å². The number of allylic oxidation sites excluding steroid dienone is 1. The largest absolute Gasteiger partial charge is 0.385 e. The van der Waals surface area contributed by atoms with Gasteiger partial charge < -0.3 is 5.73 Å². The standard InChI is InChI=1S/C30H26N4.C3H6/c31-29-19-23-13-7-8-14-28(23)34(29)30-16-15-24(20-32-30)25-17-26(21-9-3-1-4-10-21)33-27(18-25)22-11-5-2-6-12-22;1-3-2/h1-6,9-12,15-20H,7-8,13-14,31H2;3H,1H2,2H3. The Hall–Kier alpha value is -4.44. The summed E-state index contributed by atoms with van der Waals surface area (Å²) in [6.45, 7) is 5.25. The lowest BCUT2D eigenvalue weighted by molar-refractivity contribution is 0.662. The number of nitrogens with zero attached hydrogens (tertiary/aromatic N) is 3. The van der Waals surface area contributed by atoms with Crippen LogP contribution in [0.25, 0.3) is 39.5 Å². The predicted molar refractivity (Wildman–Crippen MR) is 155 cm³/mol. The van der Waals surface area contributed by atoms with Gasteiger partial charge in [0.25, 0.3) is 0 Å². The zero-order valence-corrected chi connectivity index (χ0v) is 21.3. The van der Waals surface area contributed by atoms with E-state index in [1.807, 2.05) is 49.5 Å². The number of nitrogens with two attached hydrogens (primary N) is 1. The van der Waals surface area contributed by atoms with Gasteiger partial charge in [-0.1, -0.05) is 66.7 Å². The smallest absolute Gasteiger partial charge is 0.138 e. The molecule has 0 aliphatic heterocycles. The van der Waals surface area contributed by atoms with Crippen LogP contribution in [0.3, 0.4) is 0 Å². The third kappa shape index (κ3) is 5.24. The minimum Gasteiger partial charge on any atom is -0.385 e. The molecular formula is C33H32N4. The molecule has 3 heterocycles. The van der Waals surface area contributed by atoms with Crippen molar-refractivity contribution in [2.45, 2.75) is 32.6 Å². The molecule has 6 rings (SSSR count). The summed E-state index contributed by atoms with van der Waals surface area (Å²) in [6.07, 6.45) is 8.30. The molecular weight excluding hydrogens is 452 g/mol. The first-order valence-electron chi connectivity index (χ1n) is 12.8. The number of aryl methyl sites for hydroxylation is 1. The van der Waals surface area contributed by atoms with Crippen LogP contribution < -0.4 is 5.73 Å². The highest BCUT2D eigenvalue weighted by atomic mass is 15.1. The Morgan fingerprint density at radius 1 is 0.757 bits per heavy atom. The van der Waals surface area contributed by atoms with E-state index in [0.29, 0.717) is 0 Å². The lowest BCUT2D eigenvalue weighted by Gasteiger charge is -2.16. The van der Waals surface area contributed by atoms with Gasteiger partial charge in [0.15, 0.2) is 0 Å². The van der Waals surface area contributed by atoms with E-state index in [1.54, 1.807) is 6.08 Å². The molecule has 0 atom stereocenters. The Kier molecular flexibility index (Phi) is 7.27. The molecule has 1 aliphatic carbocycles. The fraction of sp³-hybridized carbons (Fsp3) is 0.152. The van der Waals surface area contributed by atoms with Gasteiger partial charge in [-0.05, 0) is 74.1 Å². The van der Waals surface area contributed by atoms with E-state index in [9.17, 15) is 0 Å². The highest BCUT2D eigenvalue weighted by molar-refractivity contribution is 5.76. The fourth-order valence-corrected chi connectivity index (χ4v) is 4.89. The summed E-state index contributed by atoms with van der Waals surface area (Å²) in [6, 6.07) is 31.2. The number of pyridine rings is 2. The van der Waals surface area contributed by atoms with Crippen molar-refractivity contribution in [3.8, 4) is 39.5 Å². The van der Waals surface area contributed by atoms with Crippen LogP contribution in [0.5, 0.6) is 0 Å². The van der Waals surface area contributed by atoms with E-state index in [0.717, 1.165) is 58.1 Å². The molecule has 0 fully saturated rings. The third-order valence-electron chi connectivity index (χ3n) is 6.61. The van der Waals surface area contributed by atoms with Crippen LogP contribution in [-0.2, 0) is 12.8 Å². The van der Waals surface area contributed by atoms with E-state index >= 15 is 0 Å². The third-order valence-corrected chi connectivity index (χ3v) is 6.61. The minimum absolute atomic E-state index is 0.772. The van der Waals surface area contributed by atoms with E-state index < -0.39 is 0 Å². The van der Waals surface area contributed by atoms with Gasteiger partial charge >= 0.3 is 0 Å². The maximum Gasteiger partial charge on any atom is 0.138 e. The van der Waals surface area contributed by atoms with Crippen LogP contribution in [-0.4, -0.2) is 14.5 Å². The van der Waals surface area contributed by atoms with E-state index in [4.69, 9.17) is 15.7 Å². The zero-order valence-electron chi connectivity index (χ0n) is 21.3. The van der Waals surface area contributed by atoms with Gasteiger partial charge in [-0.3, -0.25) is 4.57 Å². The van der Waals surface area contributed by atoms with E-state index in [1.165, 1.54) is 24.1 Å². The average molecular weight is 485 g/mol. The molecule has 0 radical (unpaired) electrons. The molecule has 2 aromatic carbocycles. The number of rotatable bonds is 4. The summed E-state index contributed by atoms with van der Waals surface area (Å²) in [5.41, 5.74) is 15.3. The van der Waals surface area contributed by atoms with Gasteiger partial charge in [-0.25, -0.2) is 9.97 Å². The molecule has 2 N–H and O–H groups in total. The first-order valence-corrected chi connectivity index (χ1v) is 12.8. The highest BCUT2D eigenvalue weighted by Gasteiger charge is 2.18. The van der Waals surface area contributed by atoms with Crippen LogP contribution in [0.15, 0.2) is 110 Å². The predicted octanol–water partition coefficient (Wildman–Crippen LogP) is 7.92. The number of fused-ring (bicyclic) bond motifs is 1. The maximum absolute atomic E-state index is 6.39. The van der Waals surface area contributed by atoms with Crippen LogP contribution >= 0.6 is 0 Å². The topological polar surface area (TPSA) is 56.7 Å². The van der Waals surface area contributed by atoms with Crippen molar-refractivity contribution in [2.24, 2.45) is 0 Å². The van der Waals surface area contributed by atoms with Crippen molar-refractivity contribution in [1.29, 1.82) is 0 Å². The molecule has 3 aromatic heterocycles. The SMILES string of the molecule is C=CC.Nc1cc2c(n1-c1ccc(-c3cc(-c4ccccc4)nc(-c4ccccc4)c3)cn1)CCCC2. The Bertz CT molecular complexity index is 1430. The van der Waals surface area contributed by atoms with Crippen molar-refractivity contribution in [2.75, 3.05) is 5.73 Å². The summed E-state index contributed by atoms with van der Waals surface area (Å²) in [7, 11) is 0. The van der Waals surface area contributed by atoms with E-state index in [-0.39, 0.29) is 0 Å². The first kappa shape index (κ1) is 24.3. The fourth-order valence-electron chi connectivity index (χ4n) is 4.89. The van der Waals surface area contributed by atoms with Crippen molar-refractivity contribution in [3.05, 3.63) is 121 Å². The number of aromatic nitrogens is 3. The molecule has 1 aliphatic rings. The van der Waals surface area contributed by atoms with Crippen molar-refractivity contribution >= 4 is 5.82 Å². The summed E-state index contributed by atoms with van der Waals surface area (Å²) < 4.78 is 2.12. The van der Waals surface area contributed by atoms with Crippen molar-refractivity contribution < 1.29 is 0 Å². The van der Waals surface area contributed by atoms with Crippen LogP contribution in [0.4, 0.5) is 5.82 Å². The van der Waals surface area contributed by atoms with Crippen LogP contribution in [0.1, 0.15) is 31.0 Å². The molecule has 0 unspecified atom stereocenters. The molecule has 4 nitrogen and oxygen atoms in total. The quantitative estimate of drug-likeness (QED) is 0.264. The Labute approximate surface area is 219 Å². The Balaban J connectivity index is 0.000000892. The molecule has 184 valence electrons. The molecule has 0 spiro atoms. The lowest BCUT2D eigenvalue weighted by atomic mass is 9.98. The molecule has 4 heteroatoms. The minimum atomic E-state index is 0.772. The molecule has 0 bridgehead atoms. The summed E-state index contributed by atoms with van der Waals surface area (Å²) in [5.74, 6) is 1.65. The number of hydrogen-bond acceptors (Lipinski definition) is 3. The number of anilines is 1. The second-order valence-electron chi connectivity index (χ2n) is 9.26. The average Bonchev–Trinajstić information content (AvgIpc) is 3.30. The second kappa shape index (κ2) is 11.1. The highest BCUT2D eigenvalue weighted by Crippen LogP contribution is 2.32. The zero-order chi connectivity index (χ0) is 25.6. The normalized spacial score (nSPS) is 12.2. The van der Waals surface area contributed by atoms with Crippen LogP contribution in [0.2, 0.25) is 0 Å². The van der Waals surface area contributed by atoms with Crippen molar-refractivity contribution in [1.82, 2.24) is 14.5 Å².